The van der Waals surface area contributed by atoms with Crippen LogP contribution in [-0.2, 0) is 19.2 Å². The third-order valence-corrected chi connectivity index (χ3v) is 7.33. The van der Waals surface area contributed by atoms with Crippen molar-refractivity contribution in [2.45, 2.75) is 25.7 Å². The number of nitrogens with zero attached hydrogens (tertiary/aromatic N) is 1. The molecular weight excluding hydrogens is 440 g/mol. The standard InChI is InChI=1S/C25H22N2O7/c1-10-8-16(29)19-14(22(10)30)9-13-11(20(19)21-15(28)4-3-5-17(21)34-2)6-7-12-18(13)24(32)27(23(12)31)25(26)33/h3-6,8,12-13,18,20,28H,7,9H2,1-2H3,(H2,26,33)/t12-,13+,18-,20-/m0/s1. The third-order valence-electron chi connectivity index (χ3n) is 7.33. The van der Waals surface area contributed by atoms with E-state index in [1.54, 1.807) is 25.1 Å². The highest BCUT2D eigenvalue weighted by atomic mass is 16.5. The number of rotatable bonds is 2. The largest absolute Gasteiger partial charge is 0.507 e. The number of ketones is 2. The van der Waals surface area contributed by atoms with Crippen molar-refractivity contribution in [2.24, 2.45) is 23.5 Å². The summed E-state index contributed by atoms with van der Waals surface area (Å²) in [4.78, 5) is 64.7. The number of phenolic OH excluding ortho intramolecular Hbond substituents is 1. The number of hydrogen-bond acceptors (Lipinski definition) is 7. The molecule has 0 unspecified atom stereocenters. The molecule has 0 aromatic heterocycles. The van der Waals surface area contributed by atoms with Gasteiger partial charge in [0.2, 0.25) is 11.8 Å². The average Bonchev–Trinajstić information content (AvgIpc) is 3.06. The molecule has 4 aliphatic rings. The summed E-state index contributed by atoms with van der Waals surface area (Å²) in [6, 6.07) is 3.56. The minimum absolute atomic E-state index is 0.0656. The number of nitrogens with two attached hydrogens (primary N) is 1. The summed E-state index contributed by atoms with van der Waals surface area (Å²) < 4.78 is 5.48. The Hall–Kier alpha value is -4.01. The van der Waals surface area contributed by atoms with Gasteiger partial charge in [-0.2, -0.15) is 4.90 Å². The zero-order valence-electron chi connectivity index (χ0n) is 18.5. The molecular formula is C25H22N2O7. The van der Waals surface area contributed by atoms with Gasteiger partial charge in [-0.1, -0.05) is 17.7 Å². The van der Waals surface area contributed by atoms with E-state index in [4.69, 9.17) is 10.5 Å². The van der Waals surface area contributed by atoms with E-state index in [-0.39, 0.29) is 46.9 Å². The number of amides is 4. The molecule has 1 aromatic carbocycles. The van der Waals surface area contributed by atoms with Gasteiger partial charge in [-0.15, -0.1) is 0 Å². The van der Waals surface area contributed by atoms with Gasteiger partial charge in [-0.25, -0.2) is 4.79 Å². The number of phenols is 1. The number of carbonyl (C=O) groups is 5. The average molecular weight is 462 g/mol. The van der Waals surface area contributed by atoms with E-state index < -0.39 is 41.5 Å². The fourth-order valence-corrected chi connectivity index (χ4v) is 5.93. The van der Waals surface area contributed by atoms with Gasteiger partial charge in [0.1, 0.15) is 11.5 Å². The van der Waals surface area contributed by atoms with E-state index >= 15 is 0 Å². The Morgan fingerprint density at radius 1 is 1.15 bits per heavy atom. The molecule has 34 heavy (non-hydrogen) atoms. The van der Waals surface area contributed by atoms with Crippen LogP contribution in [-0.4, -0.2) is 46.5 Å². The van der Waals surface area contributed by atoms with Crippen LogP contribution < -0.4 is 10.5 Å². The number of primary amides is 1. The number of methoxy groups -OCH3 is 1. The number of hydrogen-bond donors (Lipinski definition) is 2. The summed E-state index contributed by atoms with van der Waals surface area (Å²) in [5, 5.41) is 10.8. The predicted octanol–water partition coefficient (Wildman–Crippen LogP) is 1.91. The molecule has 4 atom stereocenters. The first kappa shape index (κ1) is 21.8. The topological polar surface area (TPSA) is 144 Å². The van der Waals surface area contributed by atoms with Crippen LogP contribution in [0, 0.1) is 17.8 Å². The van der Waals surface area contributed by atoms with Crippen molar-refractivity contribution in [3.8, 4) is 11.5 Å². The molecule has 0 radical (unpaired) electrons. The summed E-state index contributed by atoms with van der Waals surface area (Å²) in [5.41, 5.74) is 7.02. The number of allylic oxidation sites excluding steroid dienone is 6. The Balaban J connectivity index is 1.75. The Morgan fingerprint density at radius 2 is 1.88 bits per heavy atom. The van der Waals surface area contributed by atoms with E-state index in [1.165, 1.54) is 19.3 Å². The van der Waals surface area contributed by atoms with Crippen LogP contribution in [0.2, 0.25) is 0 Å². The number of carbonyl (C=O) groups excluding carboxylic acids is 5. The molecule has 3 N–H and O–H groups in total. The lowest BCUT2D eigenvalue weighted by atomic mass is 9.59. The maximum absolute atomic E-state index is 13.2. The molecule has 9 heteroatoms. The van der Waals surface area contributed by atoms with Crippen molar-refractivity contribution in [1.82, 2.24) is 4.90 Å². The summed E-state index contributed by atoms with van der Waals surface area (Å²) in [6.45, 7) is 1.55. The van der Waals surface area contributed by atoms with Crippen LogP contribution in [0.5, 0.6) is 11.5 Å². The number of imide groups is 3. The number of urea groups is 1. The summed E-state index contributed by atoms with van der Waals surface area (Å²) in [5.74, 6) is -5.00. The van der Waals surface area contributed by atoms with Gasteiger partial charge in [0.25, 0.3) is 0 Å². The summed E-state index contributed by atoms with van der Waals surface area (Å²) >= 11 is 0. The molecule has 1 saturated heterocycles. The van der Waals surface area contributed by atoms with Crippen molar-refractivity contribution >= 4 is 29.4 Å². The van der Waals surface area contributed by atoms with Crippen molar-refractivity contribution in [2.75, 3.05) is 7.11 Å². The molecule has 1 heterocycles. The van der Waals surface area contributed by atoms with Gasteiger partial charge >= 0.3 is 6.03 Å². The molecule has 1 aromatic rings. The van der Waals surface area contributed by atoms with Gasteiger partial charge in [-0.3, -0.25) is 19.2 Å². The van der Waals surface area contributed by atoms with Crippen molar-refractivity contribution in [1.29, 1.82) is 0 Å². The summed E-state index contributed by atoms with van der Waals surface area (Å²) in [6.07, 6.45) is 3.30. The first-order valence-electron chi connectivity index (χ1n) is 10.9. The van der Waals surface area contributed by atoms with E-state index in [2.05, 4.69) is 0 Å². The fourth-order valence-electron chi connectivity index (χ4n) is 5.93. The quantitative estimate of drug-likeness (QED) is 0.388. The Kier molecular flexibility index (Phi) is 4.82. The minimum atomic E-state index is -1.14. The molecule has 174 valence electrons. The van der Waals surface area contributed by atoms with Crippen LogP contribution in [0.4, 0.5) is 4.79 Å². The fraction of sp³-hybridized carbons (Fsp3) is 0.320. The highest BCUT2D eigenvalue weighted by Gasteiger charge is 2.57. The molecule has 0 bridgehead atoms. The van der Waals surface area contributed by atoms with Gasteiger partial charge in [0, 0.05) is 28.2 Å². The molecule has 0 saturated carbocycles. The van der Waals surface area contributed by atoms with Gasteiger partial charge < -0.3 is 15.6 Å². The lowest BCUT2D eigenvalue weighted by Gasteiger charge is -2.42. The van der Waals surface area contributed by atoms with Crippen LogP contribution in [0.25, 0.3) is 0 Å². The van der Waals surface area contributed by atoms with E-state index in [0.29, 0.717) is 21.8 Å². The Morgan fingerprint density at radius 3 is 2.56 bits per heavy atom. The molecule has 9 nitrogen and oxygen atoms in total. The lowest BCUT2D eigenvalue weighted by Crippen LogP contribution is -2.42. The third kappa shape index (κ3) is 2.82. The predicted molar refractivity (Wildman–Crippen MR) is 117 cm³/mol. The molecule has 3 aliphatic carbocycles. The van der Waals surface area contributed by atoms with Crippen LogP contribution >= 0.6 is 0 Å². The van der Waals surface area contributed by atoms with Crippen molar-refractivity contribution < 1.29 is 33.8 Å². The summed E-state index contributed by atoms with van der Waals surface area (Å²) in [7, 11) is 1.43. The Labute approximate surface area is 194 Å². The second-order valence-corrected chi connectivity index (χ2v) is 8.97. The maximum Gasteiger partial charge on any atom is 0.328 e. The SMILES string of the molecule is COc1cccc(O)c1[C@H]1C2=CC[C@@H]3C(=O)N(C(N)=O)C(=O)[C@@H]3[C@@H]2CC2=C1C(=O)C=C(C)C2=O. The monoisotopic (exact) mass is 462 g/mol. The number of aromatic hydroxyl groups is 1. The van der Waals surface area contributed by atoms with E-state index in [1.807, 2.05) is 0 Å². The van der Waals surface area contributed by atoms with Crippen LogP contribution in [0.3, 0.4) is 0 Å². The number of ether oxygens (including phenoxy) is 1. The normalized spacial score (nSPS) is 28.2. The number of benzene rings is 1. The first-order chi connectivity index (χ1) is 16.2. The molecule has 1 fully saturated rings. The van der Waals surface area contributed by atoms with E-state index in [9.17, 15) is 29.1 Å². The molecule has 4 amide bonds. The lowest BCUT2D eigenvalue weighted by molar-refractivity contribution is -0.136. The highest BCUT2D eigenvalue weighted by Crippen LogP contribution is 2.57. The van der Waals surface area contributed by atoms with Crippen molar-refractivity contribution in [3.05, 3.63) is 58.2 Å². The highest BCUT2D eigenvalue weighted by molar-refractivity contribution is 6.24. The van der Waals surface area contributed by atoms with Crippen LogP contribution in [0.15, 0.2) is 52.6 Å². The smallest absolute Gasteiger partial charge is 0.328 e. The minimum Gasteiger partial charge on any atom is -0.507 e. The van der Waals surface area contributed by atoms with E-state index in [0.717, 1.165) is 0 Å². The van der Waals surface area contributed by atoms with Crippen molar-refractivity contribution in [3.63, 3.8) is 0 Å². The first-order valence-corrected chi connectivity index (χ1v) is 10.9. The molecule has 5 rings (SSSR count). The number of fused-ring (bicyclic) bond motifs is 3. The second-order valence-electron chi connectivity index (χ2n) is 8.97. The number of likely N-dealkylation sites (tertiary alicyclic amines) is 1. The van der Waals surface area contributed by atoms with Gasteiger partial charge in [0.15, 0.2) is 11.6 Å². The molecule has 1 aliphatic heterocycles. The van der Waals surface area contributed by atoms with Crippen LogP contribution in [0.1, 0.15) is 31.2 Å². The maximum atomic E-state index is 13.2. The van der Waals surface area contributed by atoms with Gasteiger partial charge in [-0.05, 0) is 43.9 Å². The van der Waals surface area contributed by atoms with Gasteiger partial charge in [0.05, 0.1) is 18.9 Å². The number of Topliss-reactive ketones (excluding diaryl/α,β-unsaturated/α-hetero) is 1. The zero-order chi connectivity index (χ0) is 24.5. The zero-order valence-corrected chi connectivity index (χ0v) is 18.5. The molecule has 0 spiro atoms. The Bertz CT molecular complexity index is 1300. The second kappa shape index (κ2) is 7.51.